The van der Waals surface area contributed by atoms with Gasteiger partial charge in [-0.3, -0.25) is 0 Å². The smallest absolute Gasteiger partial charge is 0.149 e. The Morgan fingerprint density at radius 3 is 2.61 bits per heavy atom. The van der Waals surface area contributed by atoms with Crippen LogP contribution in [0.15, 0.2) is 24.3 Å². The number of aryl methyl sites for hydroxylation is 1. The second-order valence-corrected chi connectivity index (χ2v) is 5.93. The van der Waals surface area contributed by atoms with Crippen LogP contribution in [0.3, 0.4) is 0 Å². The molecule has 1 saturated carbocycles. The van der Waals surface area contributed by atoms with Gasteiger partial charge in [-0.15, -0.1) is 5.10 Å². The van der Waals surface area contributed by atoms with E-state index in [9.17, 15) is 0 Å². The first-order chi connectivity index (χ1) is 11.2. The quantitative estimate of drug-likeness (QED) is 0.881. The van der Waals surface area contributed by atoms with Gasteiger partial charge in [0.25, 0.3) is 0 Å². The second kappa shape index (κ2) is 6.86. The molecule has 0 saturated heterocycles. The maximum Gasteiger partial charge on any atom is 0.149 e. The van der Waals surface area contributed by atoms with Crippen LogP contribution in [0.1, 0.15) is 42.0 Å². The highest BCUT2D eigenvalue weighted by molar-refractivity contribution is 5.45. The summed E-state index contributed by atoms with van der Waals surface area (Å²) in [4.78, 5) is 0. The van der Waals surface area contributed by atoms with Crippen LogP contribution >= 0.6 is 0 Å². The van der Waals surface area contributed by atoms with E-state index in [1.54, 1.807) is 14.2 Å². The molecular formula is C18H23N3O2. The summed E-state index contributed by atoms with van der Waals surface area (Å²) in [5.41, 5.74) is 3.43. The first kappa shape index (κ1) is 15.6. The van der Waals surface area contributed by atoms with Crippen LogP contribution in [-0.4, -0.2) is 24.4 Å². The molecule has 2 aromatic rings. The van der Waals surface area contributed by atoms with Gasteiger partial charge in [0.15, 0.2) is 0 Å². The average Bonchev–Trinajstić information content (AvgIpc) is 2.53. The fraction of sp³-hybridized carbons (Fsp3) is 0.444. The maximum absolute atomic E-state index is 5.43. The summed E-state index contributed by atoms with van der Waals surface area (Å²) in [5, 5.41) is 11.9. The molecule has 1 aliphatic rings. The Morgan fingerprint density at radius 1 is 1.13 bits per heavy atom. The van der Waals surface area contributed by atoms with Crippen molar-refractivity contribution in [2.75, 3.05) is 19.5 Å². The van der Waals surface area contributed by atoms with Gasteiger partial charge in [0.1, 0.15) is 17.3 Å². The number of nitrogens with one attached hydrogen (secondary N) is 1. The van der Waals surface area contributed by atoms with Crippen LogP contribution in [0.4, 0.5) is 5.82 Å². The zero-order chi connectivity index (χ0) is 16.2. The number of benzene rings is 1. The molecule has 0 radical (unpaired) electrons. The van der Waals surface area contributed by atoms with Crippen molar-refractivity contribution in [1.29, 1.82) is 0 Å². The third kappa shape index (κ3) is 3.38. The lowest BCUT2D eigenvalue weighted by Crippen LogP contribution is -2.13. The van der Waals surface area contributed by atoms with E-state index in [1.807, 2.05) is 25.1 Å². The number of aromatic nitrogens is 2. The summed E-state index contributed by atoms with van der Waals surface area (Å²) in [6.07, 6.45) is 3.84. The fourth-order valence-electron chi connectivity index (χ4n) is 2.87. The zero-order valence-electron chi connectivity index (χ0n) is 13.9. The van der Waals surface area contributed by atoms with Crippen molar-refractivity contribution in [3.63, 3.8) is 0 Å². The van der Waals surface area contributed by atoms with E-state index in [4.69, 9.17) is 9.47 Å². The molecule has 0 bridgehead atoms. The highest BCUT2D eigenvalue weighted by Gasteiger charge is 2.22. The summed E-state index contributed by atoms with van der Waals surface area (Å²) >= 11 is 0. The molecule has 1 heterocycles. The van der Waals surface area contributed by atoms with Crippen LogP contribution in [0.5, 0.6) is 11.5 Å². The van der Waals surface area contributed by atoms with Gasteiger partial charge in [-0.25, -0.2) is 0 Å². The van der Waals surface area contributed by atoms with E-state index in [2.05, 4.69) is 21.6 Å². The van der Waals surface area contributed by atoms with Crippen LogP contribution in [0.25, 0.3) is 0 Å². The predicted octanol–water partition coefficient (Wildman–Crippen LogP) is 3.68. The second-order valence-electron chi connectivity index (χ2n) is 5.93. The monoisotopic (exact) mass is 313 g/mol. The average molecular weight is 313 g/mol. The summed E-state index contributed by atoms with van der Waals surface area (Å²) in [6, 6.07) is 7.96. The molecule has 0 unspecified atom stereocenters. The third-order valence-corrected chi connectivity index (χ3v) is 4.52. The van der Waals surface area contributed by atoms with E-state index in [0.29, 0.717) is 12.5 Å². The van der Waals surface area contributed by atoms with Crippen molar-refractivity contribution in [3.05, 3.63) is 41.1 Å². The van der Waals surface area contributed by atoms with Crippen molar-refractivity contribution < 1.29 is 9.47 Å². The van der Waals surface area contributed by atoms with Crippen LogP contribution in [0, 0.1) is 6.92 Å². The van der Waals surface area contributed by atoms with Crippen LogP contribution < -0.4 is 14.8 Å². The van der Waals surface area contributed by atoms with Crippen molar-refractivity contribution in [2.45, 2.75) is 38.6 Å². The van der Waals surface area contributed by atoms with Gasteiger partial charge in [0.2, 0.25) is 0 Å². The van der Waals surface area contributed by atoms with Gasteiger partial charge in [-0.05, 0) is 49.4 Å². The van der Waals surface area contributed by atoms with Gasteiger partial charge in [0, 0.05) is 18.2 Å². The molecule has 1 N–H and O–H groups in total. The van der Waals surface area contributed by atoms with Crippen molar-refractivity contribution in [2.24, 2.45) is 0 Å². The van der Waals surface area contributed by atoms with Gasteiger partial charge in [0.05, 0.1) is 19.9 Å². The number of hydrogen-bond donors (Lipinski definition) is 1. The molecule has 1 fully saturated rings. The first-order valence-corrected chi connectivity index (χ1v) is 8.00. The zero-order valence-corrected chi connectivity index (χ0v) is 13.9. The summed E-state index contributed by atoms with van der Waals surface area (Å²) < 4.78 is 10.7. The number of hydrogen-bond acceptors (Lipinski definition) is 5. The minimum atomic E-state index is 0.634. The molecule has 5 heteroatoms. The van der Waals surface area contributed by atoms with E-state index < -0.39 is 0 Å². The number of rotatable bonds is 6. The number of methoxy groups -OCH3 is 2. The summed E-state index contributed by atoms with van der Waals surface area (Å²) in [5.74, 6) is 3.06. The minimum Gasteiger partial charge on any atom is -0.497 e. The van der Waals surface area contributed by atoms with Gasteiger partial charge in [-0.1, -0.05) is 6.42 Å². The molecular weight excluding hydrogens is 290 g/mol. The molecule has 0 spiro atoms. The standard InChI is InChI=1S/C18H23N3O2/c1-12-16(13-5-4-6-13)10-18(21-20-12)19-11-14-7-8-15(22-2)9-17(14)23-3/h7-10,13H,4-6,11H2,1-3H3,(H,19,21). The summed E-state index contributed by atoms with van der Waals surface area (Å²) in [7, 11) is 3.31. The Kier molecular flexibility index (Phi) is 4.65. The molecule has 5 nitrogen and oxygen atoms in total. The summed E-state index contributed by atoms with van der Waals surface area (Å²) in [6.45, 7) is 2.67. The number of ether oxygens (including phenoxy) is 2. The highest BCUT2D eigenvalue weighted by atomic mass is 16.5. The molecule has 1 aromatic heterocycles. The normalized spacial score (nSPS) is 14.2. The molecule has 0 aliphatic heterocycles. The Balaban J connectivity index is 1.73. The molecule has 122 valence electrons. The Morgan fingerprint density at radius 2 is 1.96 bits per heavy atom. The highest BCUT2D eigenvalue weighted by Crippen LogP contribution is 2.38. The largest absolute Gasteiger partial charge is 0.497 e. The van der Waals surface area contributed by atoms with E-state index >= 15 is 0 Å². The van der Waals surface area contributed by atoms with Crippen molar-refractivity contribution in [1.82, 2.24) is 10.2 Å². The molecule has 23 heavy (non-hydrogen) atoms. The fourth-order valence-corrected chi connectivity index (χ4v) is 2.87. The minimum absolute atomic E-state index is 0.634. The Bertz CT molecular complexity index is 684. The lowest BCUT2D eigenvalue weighted by atomic mass is 9.79. The Hall–Kier alpha value is -2.30. The maximum atomic E-state index is 5.43. The van der Waals surface area contributed by atoms with Crippen LogP contribution in [-0.2, 0) is 6.54 Å². The number of anilines is 1. The molecule has 0 atom stereocenters. The lowest BCUT2D eigenvalue weighted by molar-refractivity contribution is 0.391. The number of nitrogens with zero attached hydrogens (tertiary/aromatic N) is 2. The van der Waals surface area contributed by atoms with Crippen molar-refractivity contribution >= 4 is 5.82 Å². The van der Waals surface area contributed by atoms with E-state index in [-0.39, 0.29) is 0 Å². The molecule has 1 aliphatic carbocycles. The first-order valence-electron chi connectivity index (χ1n) is 8.00. The van der Waals surface area contributed by atoms with Crippen LogP contribution in [0.2, 0.25) is 0 Å². The molecule has 0 amide bonds. The van der Waals surface area contributed by atoms with E-state index in [1.165, 1.54) is 24.8 Å². The van der Waals surface area contributed by atoms with Gasteiger partial charge < -0.3 is 14.8 Å². The SMILES string of the molecule is COc1ccc(CNc2cc(C3CCC3)c(C)nn2)c(OC)c1. The topological polar surface area (TPSA) is 56.3 Å². The molecule has 1 aromatic carbocycles. The Labute approximate surface area is 137 Å². The molecule has 3 rings (SSSR count). The lowest BCUT2D eigenvalue weighted by Gasteiger charge is -2.26. The van der Waals surface area contributed by atoms with Gasteiger partial charge in [-0.2, -0.15) is 5.10 Å². The van der Waals surface area contributed by atoms with Crippen molar-refractivity contribution in [3.8, 4) is 11.5 Å². The predicted molar refractivity (Wildman–Crippen MR) is 90.2 cm³/mol. The van der Waals surface area contributed by atoms with E-state index in [0.717, 1.165) is 28.6 Å². The third-order valence-electron chi connectivity index (χ3n) is 4.52. The van der Waals surface area contributed by atoms with Gasteiger partial charge >= 0.3 is 0 Å².